The second kappa shape index (κ2) is 5.02. The number of amidine groups is 1. The van der Waals surface area contributed by atoms with Crippen LogP contribution >= 0.6 is 0 Å². The van der Waals surface area contributed by atoms with Gasteiger partial charge in [-0.25, -0.2) is 4.98 Å². The molecule has 0 fully saturated rings. The summed E-state index contributed by atoms with van der Waals surface area (Å²) in [6, 6.07) is 10.6. The minimum atomic E-state index is 0.00735. The molecule has 4 heteroatoms. The molecular formula is C14H12N4. The fourth-order valence-electron chi connectivity index (χ4n) is 1.37. The molecule has 2 rings (SSSR count). The zero-order chi connectivity index (χ0) is 13.0. The number of hydrogen-bond acceptors (Lipinski definition) is 3. The Balaban J connectivity index is 2.27. The number of aromatic nitrogens is 1. The normalized spacial score (nSPS) is 9.33. The summed E-state index contributed by atoms with van der Waals surface area (Å²) < 4.78 is 0. The van der Waals surface area contributed by atoms with Crippen molar-refractivity contribution < 1.29 is 0 Å². The molecule has 1 aromatic heterocycles. The molecule has 1 aromatic carbocycles. The van der Waals surface area contributed by atoms with Crippen molar-refractivity contribution in [1.29, 1.82) is 5.41 Å². The van der Waals surface area contributed by atoms with Crippen LogP contribution in [0.2, 0.25) is 0 Å². The highest BCUT2D eigenvalue weighted by molar-refractivity contribution is 5.95. The second-order valence-electron chi connectivity index (χ2n) is 3.72. The van der Waals surface area contributed by atoms with E-state index in [1.165, 1.54) is 0 Å². The summed E-state index contributed by atoms with van der Waals surface area (Å²) in [5.74, 6) is 5.90. The Labute approximate surface area is 105 Å². The predicted molar refractivity (Wildman–Crippen MR) is 72.1 cm³/mol. The molecule has 4 nitrogen and oxygen atoms in total. The number of pyridine rings is 1. The minimum Gasteiger partial charge on any atom is -0.399 e. The lowest BCUT2D eigenvalue weighted by Crippen LogP contribution is -2.11. The van der Waals surface area contributed by atoms with Gasteiger partial charge in [0.1, 0.15) is 11.5 Å². The molecule has 0 amide bonds. The molecule has 2 aromatic rings. The molecule has 0 bridgehead atoms. The van der Waals surface area contributed by atoms with Gasteiger partial charge in [-0.1, -0.05) is 5.92 Å². The number of nitrogens with one attached hydrogen (secondary N) is 1. The monoisotopic (exact) mass is 236 g/mol. The maximum atomic E-state index is 7.34. The van der Waals surface area contributed by atoms with Crippen molar-refractivity contribution in [3.8, 4) is 11.8 Å². The summed E-state index contributed by atoms with van der Waals surface area (Å²) in [5, 5.41) is 7.34. The van der Waals surface area contributed by atoms with E-state index in [-0.39, 0.29) is 5.84 Å². The summed E-state index contributed by atoms with van der Waals surface area (Å²) in [6.45, 7) is 0. The van der Waals surface area contributed by atoms with Crippen molar-refractivity contribution in [2.45, 2.75) is 0 Å². The van der Waals surface area contributed by atoms with E-state index >= 15 is 0 Å². The molecule has 1 heterocycles. The predicted octanol–water partition coefficient (Wildman–Crippen LogP) is 1.35. The third kappa shape index (κ3) is 2.86. The van der Waals surface area contributed by atoms with Crippen LogP contribution in [0.4, 0.5) is 5.69 Å². The first kappa shape index (κ1) is 11.7. The number of benzene rings is 1. The minimum absolute atomic E-state index is 0.00735. The van der Waals surface area contributed by atoms with Gasteiger partial charge < -0.3 is 11.5 Å². The zero-order valence-corrected chi connectivity index (χ0v) is 9.64. The summed E-state index contributed by atoms with van der Waals surface area (Å²) >= 11 is 0. The first-order valence-electron chi connectivity index (χ1n) is 5.33. The van der Waals surface area contributed by atoms with Gasteiger partial charge in [0.15, 0.2) is 0 Å². The van der Waals surface area contributed by atoms with Crippen molar-refractivity contribution in [2.75, 3.05) is 5.73 Å². The van der Waals surface area contributed by atoms with Gasteiger partial charge in [0.25, 0.3) is 0 Å². The maximum Gasteiger partial charge on any atom is 0.122 e. The largest absolute Gasteiger partial charge is 0.399 e. The lowest BCUT2D eigenvalue weighted by Gasteiger charge is -1.97. The van der Waals surface area contributed by atoms with Crippen molar-refractivity contribution >= 4 is 11.5 Å². The lowest BCUT2D eigenvalue weighted by atomic mass is 10.2. The number of hydrogen-bond donors (Lipinski definition) is 3. The van der Waals surface area contributed by atoms with Crippen LogP contribution in [0.3, 0.4) is 0 Å². The molecule has 0 saturated heterocycles. The Bertz CT molecular complexity index is 633. The van der Waals surface area contributed by atoms with E-state index < -0.39 is 0 Å². The van der Waals surface area contributed by atoms with E-state index in [9.17, 15) is 0 Å². The Kier molecular flexibility index (Phi) is 3.26. The highest BCUT2D eigenvalue weighted by Crippen LogP contribution is 2.04. The Morgan fingerprint density at radius 3 is 2.50 bits per heavy atom. The first-order chi connectivity index (χ1) is 8.65. The molecule has 5 N–H and O–H groups in total. The molecule has 0 spiro atoms. The number of nitrogens with two attached hydrogens (primary N) is 2. The number of nitrogen functional groups attached to an aromatic ring is 2. The van der Waals surface area contributed by atoms with Gasteiger partial charge in [0, 0.05) is 23.0 Å². The van der Waals surface area contributed by atoms with E-state index in [1.54, 1.807) is 30.5 Å². The topological polar surface area (TPSA) is 88.8 Å². The highest BCUT2D eigenvalue weighted by Gasteiger charge is 1.96. The number of rotatable bonds is 1. The van der Waals surface area contributed by atoms with E-state index in [0.717, 1.165) is 5.56 Å². The van der Waals surface area contributed by atoms with Gasteiger partial charge in [-0.2, -0.15) is 0 Å². The average molecular weight is 236 g/mol. The van der Waals surface area contributed by atoms with Gasteiger partial charge in [0.05, 0.1) is 0 Å². The van der Waals surface area contributed by atoms with Crippen molar-refractivity contribution in [3.05, 3.63) is 59.4 Å². The molecule has 0 atom stereocenters. The van der Waals surface area contributed by atoms with Gasteiger partial charge in [-0.3, -0.25) is 5.41 Å². The Morgan fingerprint density at radius 2 is 1.83 bits per heavy atom. The molecule has 0 saturated carbocycles. The van der Waals surface area contributed by atoms with Crippen molar-refractivity contribution in [1.82, 2.24) is 4.98 Å². The third-order valence-corrected chi connectivity index (χ3v) is 2.32. The highest BCUT2D eigenvalue weighted by atomic mass is 14.7. The van der Waals surface area contributed by atoms with Crippen LogP contribution in [0.1, 0.15) is 16.8 Å². The summed E-state index contributed by atoms with van der Waals surface area (Å²) in [4.78, 5) is 4.10. The van der Waals surface area contributed by atoms with E-state index in [1.807, 2.05) is 12.1 Å². The quantitative estimate of drug-likeness (QED) is 0.302. The average Bonchev–Trinajstić information content (AvgIpc) is 2.38. The standard InChI is InChI=1S/C14H12N4/c15-12-4-1-10(2-5-12)3-6-13-9-11(14(16)17)7-8-18-13/h1-2,4-5,7-9H,15H2,(H3,16,17). The molecule has 0 radical (unpaired) electrons. The summed E-state index contributed by atoms with van der Waals surface area (Å²) in [7, 11) is 0. The molecule has 0 aliphatic carbocycles. The Hall–Kier alpha value is -2.80. The van der Waals surface area contributed by atoms with Crippen LogP contribution in [0.15, 0.2) is 42.6 Å². The van der Waals surface area contributed by atoms with Crippen molar-refractivity contribution in [2.24, 2.45) is 5.73 Å². The molecule has 0 aliphatic rings. The fraction of sp³-hybridized carbons (Fsp3) is 0. The zero-order valence-electron chi connectivity index (χ0n) is 9.64. The van der Waals surface area contributed by atoms with Crippen LogP contribution in [0.5, 0.6) is 0 Å². The van der Waals surface area contributed by atoms with Gasteiger partial charge >= 0.3 is 0 Å². The van der Waals surface area contributed by atoms with E-state index in [4.69, 9.17) is 16.9 Å². The van der Waals surface area contributed by atoms with Crippen LogP contribution in [-0.4, -0.2) is 10.8 Å². The second-order valence-corrected chi connectivity index (χ2v) is 3.72. The van der Waals surface area contributed by atoms with Crippen LogP contribution < -0.4 is 11.5 Å². The fourth-order valence-corrected chi connectivity index (χ4v) is 1.37. The third-order valence-electron chi connectivity index (χ3n) is 2.32. The molecule has 88 valence electrons. The van der Waals surface area contributed by atoms with Crippen LogP contribution in [0, 0.1) is 17.3 Å². The molecule has 0 unspecified atom stereocenters. The van der Waals surface area contributed by atoms with Crippen LogP contribution in [-0.2, 0) is 0 Å². The molecular weight excluding hydrogens is 224 g/mol. The SMILES string of the molecule is N=C(N)c1ccnc(C#Cc2ccc(N)cc2)c1. The lowest BCUT2D eigenvalue weighted by molar-refractivity contribution is 1.27. The number of anilines is 1. The molecule has 18 heavy (non-hydrogen) atoms. The van der Waals surface area contributed by atoms with Crippen LogP contribution in [0.25, 0.3) is 0 Å². The maximum absolute atomic E-state index is 7.34. The molecule has 0 aliphatic heterocycles. The van der Waals surface area contributed by atoms with E-state index in [2.05, 4.69) is 16.8 Å². The van der Waals surface area contributed by atoms with Gasteiger partial charge in [-0.05, 0) is 42.3 Å². The van der Waals surface area contributed by atoms with E-state index in [0.29, 0.717) is 16.9 Å². The van der Waals surface area contributed by atoms with Gasteiger partial charge in [-0.15, -0.1) is 0 Å². The number of nitrogens with zero attached hydrogens (tertiary/aromatic N) is 1. The first-order valence-corrected chi connectivity index (χ1v) is 5.33. The smallest absolute Gasteiger partial charge is 0.122 e. The van der Waals surface area contributed by atoms with Gasteiger partial charge in [0.2, 0.25) is 0 Å². The summed E-state index contributed by atoms with van der Waals surface area (Å²) in [5.41, 5.74) is 13.8. The van der Waals surface area contributed by atoms with Crippen molar-refractivity contribution in [3.63, 3.8) is 0 Å². The summed E-state index contributed by atoms with van der Waals surface area (Å²) in [6.07, 6.45) is 1.59. The Morgan fingerprint density at radius 1 is 1.11 bits per heavy atom.